The maximum Gasteiger partial charge on any atom is 0.269 e. The van der Waals surface area contributed by atoms with Crippen LogP contribution in [0.1, 0.15) is 30.7 Å². The molecular formula is C14H14N2O5. The van der Waals surface area contributed by atoms with Gasteiger partial charge in [-0.3, -0.25) is 25.0 Å². The van der Waals surface area contributed by atoms with Crippen LogP contribution in [0.15, 0.2) is 24.3 Å². The van der Waals surface area contributed by atoms with Crippen molar-refractivity contribution in [1.29, 1.82) is 0 Å². The minimum atomic E-state index is -0.816. The van der Waals surface area contributed by atoms with E-state index >= 15 is 0 Å². The van der Waals surface area contributed by atoms with Gasteiger partial charge in [-0.1, -0.05) is 12.1 Å². The Morgan fingerprint density at radius 3 is 2.52 bits per heavy atom. The summed E-state index contributed by atoms with van der Waals surface area (Å²) in [6.07, 6.45) is 1.59. The van der Waals surface area contributed by atoms with E-state index in [4.69, 9.17) is 0 Å². The van der Waals surface area contributed by atoms with E-state index < -0.39 is 16.9 Å². The van der Waals surface area contributed by atoms with Crippen LogP contribution in [0.5, 0.6) is 0 Å². The summed E-state index contributed by atoms with van der Waals surface area (Å²) in [7, 11) is 0. The molecule has 0 saturated heterocycles. The van der Waals surface area contributed by atoms with E-state index in [1.165, 1.54) is 18.2 Å². The van der Waals surface area contributed by atoms with Gasteiger partial charge in [0.15, 0.2) is 0 Å². The second-order valence-corrected chi connectivity index (χ2v) is 5.77. The van der Waals surface area contributed by atoms with Gasteiger partial charge in [-0.25, -0.2) is 0 Å². The highest BCUT2D eigenvalue weighted by Gasteiger charge is 2.54. The first-order valence-corrected chi connectivity index (χ1v) is 6.89. The molecule has 110 valence electrons. The molecule has 3 fully saturated rings. The monoisotopic (exact) mass is 290 g/mol. The summed E-state index contributed by atoms with van der Waals surface area (Å²) >= 11 is 0. The zero-order valence-corrected chi connectivity index (χ0v) is 11.2. The van der Waals surface area contributed by atoms with Gasteiger partial charge in [-0.2, -0.15) is 0 Å². The lowest BCUT2D eigenvalue weighted by atomic mass is 9.59. The van der Waals surface area contributed by atoms with Gasteiger partial charge in [0.05, 0.1) is 10.8 Å². The fourth-order valence-corrected chi connectivity index (χ4v) is 3.85. The Hall–Kier alpha value is -2.31. The molecule has 7 nitrogen and oxygen atoms in total. The maximum atomic E-state index is 12.1. The van der Waals surface area contributed by atoms with E-state index in [0.29, 0.717) is 18.4 Å². The Balaban J connectivity index is 2.05. The second-order valence-electron chi connectivity index (χ2n) is 5.77. The number of rotatable bonds is 3. The molecule has 0 aliphatic heterocycles. The average molecular weight is 290 g/mol. The maximum absolute atomic E-state index is 12.1. The highest BCUT2D eigenvalue weighted by molar-refractivity contribution is 5.84. The van der Waals surface area contributed by atoms with Gasteiger partial charge in [0.25, 0.3) is 5.69 Å². The Kier molecular flexibility index (Phi) is 3.19. The molecule has 21 heavy (non-hydrogen) atoms. The van der Waals surface area contributed by atoms with Crippen molar-refractivity contribution in [3.8, 4) is 0 Å². The largest absolute Gasteiger partial charge is 0.299 e. The fourth-order valence-electron chi connectivity index (χ4n) is 3.85. The van der Waals surface area contributed by atoms with Crippen molar-refractivity contribution in [2.24, 2.45) is 11.8 Å². The normalized spacial score (nSPS) is 31.1. The quantitative estimate of drug-likeness (QED) is 0.627. The van der Waals surface area contributed by atoms with Crippen LogP contribution in [0.4, 0.5) is 5.69 Å². The van der Waals surface area contributed by atoms with E-state index in [9.17, 15) is 25.0 Å². The van der Waals surface area contributed by atoms with Crippen molar-refractivity contribution in [1.82, 2.24) is 0 Å². The summed E-state index contributed by atoms with van der Waals surface area (Å²) in [5.74, 6) is -1.12. The Morgan fingerprint density at radius 2 is 1.90 bits per heavy atom. The van der Waals surface area contributed by atoms with Crippen LogP contribution >= 0.6 is 0 Å². The number of benzene rings is 1. The molecule has 4 atom stereocenters. The molecular weight excluding hydrogens is 276 g/mol. The third-order valence-corrected chi connectivity index (χ3v) is 4.72. The molecule has 0 heterocycles. The molecule has 0 radical (unpaired) electrons. The molecule has 0 aromatic heterocycles. The number of non-ortho nitro benzene ring substituents is 1. The minimum absolute atomic E-state index is 0.0563. The van der Waals surface area contributed by atoms with Crippen molar-refractivity contribution in [3.05, 3.63) is 50.1 Å². The van der Waals surface area contributed by atoms with Crippen LogP contribution in [0.2, 0.25) is 0 Å². The number of carbonyl (C=O) groups excluding carboxylic acids is 1. The van der Waals surface area contributed by atoms with E-state index in [0.717, 1.165) is 0 Å². The first-order valence-electron chi connectivity index (χ1n) is 6.89. The fraction of sp³-hybridized carbons (Fsp3) is 0.500. The minimum Gasteiger partial charge on any atom is -0.299 e. The van der Waals surface area contributed by atoms with Gasteiger partial charge in [-0.15, -0.1) is 0 Å². The van der Waals surface area contributed by atoms with Gasteiger partial charge >= 0.3 is 0 Å². The molecule has 3 aliphatic rings. The Labute approximate surface area is 120 Å². The van der Waals surface area contributed by atoms with Gasteiger partial charge < -0.3 is 0 Å². The third kappa shape index (κ3) is 2.18. The van der Waals surface area contributed by atoms with Crippen LogP contribution in [-0.2, 0) is 4.79 Å². The summed E-state index contributed by atoms with van der Waals surface area (Å²) in [5.41, 5.74) is 0.442. The van der Waals surface area contributed by atoms with Crippen LogP contribution in [0, 0.1) is 32.1 Å². The Bertz CT molecular complexity index is 630. The average Bonchev–Trinajstić information content (AvgIpc) is 2.46. The van der Waals surface area contributed by atoms with Crippen LogP contribution in [-0.4, -0.2) is 21.7 Å². The molecule has 0 spiro atoms. The number of nitro groups is 2. The molecule has 1 aromatic carbocycles. The molecule has 0 unspecified atom stereocenters. The summed E-state index contributed by atoms with van der Waals surface area (Å²) in [4.78, 5) is 33.5. The van der Waals surface area contributed by atoms with Gasteiger partial charge in [0.1, 0.15) is 5.78 Å². The van der Waals surface area contributed by atoms with Crippen LogP contribution < -0.4 is 0 Å². The van der Waals surface area contributed by atoms with Crippen molar-refractivity contribution < 1.29 is 14.6 Å². The predicted molar refractivity (Wildman–Crippen MR) is 72.5 cm³/mol. The summed E-state index contributed by atoms with van der Waals surface area (Å²) in [5, 5.41) is 22.3. The number of ketones is 1. The summed E-state index contributed by atoms with van der Waals surface area (Å²) in [6.45, 7) is 0. The lowest BCUT2D eigenvalue weighted by molar-refractivity contribution is -0.542. The number of nitro benzene ring substituents is 1. The first kappa shape index (κ1) is 13.7. The van der Waals surface area contributed by atoms with Gasteiger partial charge in [-0.05, 0) is 18.4 Å². The topological polar surface area (TPSA) is 103 Å². The molecule has 4 rings (SSSR count). The number of hydrogen-bond acceptors (Lipinski definition) is 5. The van der Waals surface area contributed by atoms with Crippen LogP contribution in [0.25, 0.3) is 0 Å². The van der Waals surface area contributed by atoms with Crippen molar-refractivity contribution >= 4 is 11.5 Å². The van der Waals surface area contributed by atoms with E-state index in [1.807, 2.05) is 0 Å². The Morgan fingerprint density at radius 1 is 1.14 bits per heavy atom. The van der Waals surface area contributed by atoms with Crippen molar-refractivity contribution in [2.75, 3.05) is 0 Å². The van der Waals surface area contributed by atoms with Crippen molar-refractivity contribution in [3.63, 3.8) is 0 Å². The third-order valence-electron chi connectivity index (χ3n) is 4.72. The number of fused-ring (bicyclic) bond motifs is 3. The lowest BCUT2D eigenvalue weighted by Crippen LogP contribution is -2.50. The molecule has 1 aromatic rings. The molecule has 2 bridgehead atoms. The second kappa shape index (κ2) is 4.91. The summed E-state index contributed by atoms with van der Waals surface area (Å²) in [6, 6.07) is 5.09. The molecule has 0 amide bonds. The smallest absolute Gasteiger partial charge is 0.269 e. The summed E-state index contributed by atoms with van der Waals surface area (Å²) < 4.78 is 0. The molecule has 0 N–H and O–H groups in total. The number of hydrogen-bond donors (Lipinski definition) is 0. The van der Waals surface area contributed by atoms with Gasteiger partial charge in [0, 0.05) is 35.3 Å². The molecule has 3 saturated carbocycles. The number of Topliss-reactive ketones (excluding diaryl/α,β-unsaturated/α-hetero) is 1. The van der Waals surface area contributed by atoms with Crippen molar-refractivity contribution in [2.45, 2.75) is 31.2 Å². The first-order chi connectivity index (χ1) is 9.99. The van der Waals surface area contributed by atoms with E-state index in [-0.39, 0.29) is 34.7 Å². The molecule has 3 aliphatic carbocycles. The van der Waals surface area contributed by atoms with Crippen LogP contribution in [0.3, 0.4) is 0 Å². The highest BCUT2D eigenvalue weighted by atomic mass is 16.6. The number of nitrogens with zero attached hydrogens (tertiary/aromatic N) is 2. The van der Waals surface area contributed by atoms with E-state index in [2.05, 4.69) is 0 Å². The lowest BCUT2D eigenvalue weighted by Gasteiger charge is -2.42. The SMILES string of the molecule is O=C1C[C@@H]2CC[C@H]1[C@H](c1cccc([N+](=O)[O-])c1)[C@H]2[N+](=O)[O-]. The van der Waals surface area contributed by atoms with Gasteiger partial charge in [0.2, 0.25) is 6.04 Å². The highest BCUT2D eigenvalue weighted by Crippen LogP contribution is 2.49. The molecule has 7 heteroatoms. The zero-order valence-electron chi connectivity index (χ0n) is 11.2. The predicted octanol–water partition coefficient (Wildman–Crippen LogP) is 2.32. The number of carbonyl (C=O) groups is 1. The standard InChI is InChI=1S/C14H14N2O5/c17-12-7-9-4-5-11(12)13(14(9)16(20)21)8-2-1-3-10(6-8)15(18)19/h1-3,6,9,11,13-14H,4-5,7H2/t9-,11+,13-,14-/m0/s1. The zero-order chi connectivity index (χ0) is 15.1. The van der Waals surface area contributed by atoms with E-state index in [1.54, 1.807) is 6.07 Å².